The Hall–Kier alpha value is -1.05. The summed E-state index contributed by atoms with van der Waals surface area (Å²) in [7, 11) is 0. The van der Waals surface area contributed by atoms with Gasteiger partial charge in [-0.25, -0.2) is 4.98 Å². The first kappa shape index (κ1) is 8.54. The second-order valence-electron chi connectivity index (χ2n) is 3.89. The van der Waals surface area contributed by atoms with Gasteiger partial charge in [0.2, 0.25) is 0 Å². The van der Waals surface area contributed by atoms with Crippen LogP contribution in [0.3, 0.4) is 0 Å². The van der Waals surface area contributed by atoms with Crippen LogP contribution in [0.25, 0.3) is 0 Å². The predicted octanol–water partition coefficient (Wildman–Crippen LogP) is 2.32. The van der Waals surface area contributed by atoms with Gasteiger partial charge in [-0.15, -0.1) is 0 Å². The van der Waals surface area contributed by atoms with Crippen molar-refractivity contribution < 1.29 is 0 Å². The first-order valence-electron chi connectivity index (χ1n) is 4.96. The molecule has 2 atom stereocenters. The molecule has 1 aliphatic heterocycles. The second-order valence-corrected chi connectivity index (χ2v) is 3.89. The highest BCUT2D eigenvalue weighted by atomic mass is 15.2. The fourth-order valence-corrected chi connectivity index (χ4v) is 1.94. The third-order valence-electron chi connectivity index (χ3n) is 3.08. The molecule has 0 amide bonds. The minimum atomic E-state index is 0.634. The quantitative estimate of drug-likeness (QED) is 0.652. The molecular formula is C11H16N2. The lowest BCUT2D eigenvalue weighted by Gasteiger charge is -2.24. The standard InChI is InChI=1S/C11H16N2/c1-9-6-8-13(10(9)2)11-5-3-4-7-12-11/h3-5,7,9-10H,6,8H2,1-2H3. The zero-order chi connectivity index (χ0) is 9.26. The summed E-state index contributed by atoms with van der Waals surface area (Å²) >= 11 is 0. The van der Waals surface area contributed by atoms with Crippen LogP contribution in [0.15, 0.2) is 24.4 Å². The first-order chi connectivity index (χ1) is 6.29. The molecule has 1 aromatic heterocycles. The lowest BCUT2D eigenvalue weighted by molar-refractivity contribution is 0.544. The molecule has 1 aliphatic rings. The molecule has 0 spiro atoms. The average Bonchev–Trinajstić information content (AvgIpc) is 2.49. The average molecular weight is 176 g/mol. The number of hydrogen-bond donors (Lipinski definition) is 0. The maximum atomic E-state index is 4.37. The smallest absolute Gasteiger partial charge is 0.128 e. The molecule has 2 heteroatoms. The van der Waals surface area contributed by atoms with Crippen molar-refractivity contribution >= 4 is 5.82 Å². The Balaban J connectivity index is 2.19. The minimum Gasteiger partial charge on any atom is -0.354 e. The van der Waals surface area contributed by atoms with E-state index in [1.807, 2.05) is 12.3 Å². The Morgan fingerprint density at radius 2 is 2.23 bits per heavy atom. The molecule has 2 nitrogen and oxygen atoms in total. The molecule has 2 rings (SSSR count). The number of anilines is 1. The van der Waals surface area contributed by atoms with Gasteiger partial charge in [0.15, 0.2) is 0 Å². The Bertz CT molecular complexity index is 271. The van der Waals surface area contributed by atoms with E-state index in [0.717, 1.165) is 18.3 Å². The van der Waals surface area contributed by atoms with Gasteiger partial charge < -0.3 is 4.90 Å². The second kappa shape index (κ2) is 3.36. The van der Waals surface area contributed by atoms with Crippen LogP contribution in [0.5, 0.6) is 0 Å². The van der Waals surface area contributed by atoms with Gasteiger partial charge in [0.05, 0.1) is 0 Å². The first-order valence-corrected chi connectivity index (χ1v) is 4.96. The van der Waals surface area contributed by atoms with Gasteiger partial charge in [0.25, 0.3) is 0 Å². The zero-order valence-corrected chi connectivity index (χ0v) is 8.27. The van der Waals surface area contributed by atoms with Crippen LogP contribution in [-0.4, -0.2) is 17.6 Å². The molecule has 2 unspecified atom stereocenters. The van der Waals surface area contributed by atoms with Crippen molar-refractivity contribution in [3.63, 3.8) is 0 Å². The number of aromatic nitrogens is 1. The molecule has 0 N–H and O–H groups in total. The van der Waals surface area contributed by atoms with E-state index >= 15 is 0 Å². The fraction of sp³-hybridized carbons (Fsp3) is 0.545. The lowest BCUT2D eigenvalue weighted by atomic mass is 10.1. The number of rotatable bonds is 1. The maximum Gasteiger partial charge on any atom is 0.128 e. The summed E-state index contributed by atoms with van der Waals surface area (Å²) in [6.07, 6.45) is 3.16. The van der Waals surface area contributed by atoms with Gasteiger partial charge in [0, 0.05) is 18.8 Å². The number of pyridine rings is 1. The maximum absolute atomic E-state index is 4.37. The lowest BCUT2D eigenvalue weighted by Crippen LogP contribution is -2.29. The largest absolute Gasteiger partial charge is 0.354 e. The van der Waals surface area contributed by atoms with E-state index in [9.17, 15) is 0 Å². The highest BCUT2D eigenvalue weighted by Crippen LogP contribution is 2.27. The predicted molar refractivity (Wildman–Crippen MR) is 54.8 cm³/mol. The molecule has 0 bridgehead atoms. The van der Waals surface area contributed by atoms with Crippen LogP contribution in [0, 0.1) is 5.92 Å². The third kappa shape index (κ3) is 1.53. The van der Waals surface area contributed by atoms with Crippen molar-refractivity contribution in [1.82, 2.24) is 4.98 Å². The summed E-state index contributed by atoms with van der Waals surface area (Å²) in [5, 5.41) is 0. The molecule has 1 saturated heterocycles. The highest BCUT2D eigenvalue weighted by molar-refractivity contribution is 5.40. The molecule has 1 fully saturated rings. The molecule has 0 aromatic carbocycles. The summed E-state index contributed by atoms with van der Waals surface area (Å²) in [5.74, 6) is 1.92. The van der Waals surface area contributed by atoms with Crippen molar-refractivity contribution in [2.24, 2.45) is 5.92 Å². The van der Waals surface area contributed by atoms with E-state index < -0.39 is 0 Å². The Morgan fingerprint density at radius 1 is 1.38 bits per heavy atom. The van der Waals surface area contributed by atoms with Gasteiger partial charge in [0.1, 0.15) is 5.82 Å². The third-order valence-corrected chi connectivity index (χ3v) is 3.08. The Kier molecular flexibility index (Phi) is 2.21. The van der Waals surface area contributed by atoms with Crippen LogP contribution in [0.1, 0.15) is 20.3 Å². The van der Waals surface area contributed by atoms with Crippen LogP contribution in [0.2, 0.25) is 0 Å². The number of hydrogen-bond acceptors (Lipinski definition) is 2. The van der Waals surface area contributed by atoms with Gasteiger partial charge in [-0.3, -0.25) is 0 Å². The Morgan fingerprint density at radius 3 is 2.77 bits per heavy atom. The van der Waals surface area contributed by atoms with E-state index in [1.165, 1.54) is 6.42 Å². The van der Waals surface area contributed by atoms with Crippen molar-refractivity contribution in [3.05, 3.63) is 24.4 Å². The van der Waals surface area contributed by atoms with E-state index in [0.29, 0.717) is 6.04 Å². The molecule has 0 radical (unpaired) electrons. The SMILES string of the molecule is CC1CCN(c2ccccn2)C1C. The van der Waals surface area contributed by atoms with E-state index in [2.05, 4.69) is 35.9 Å². The zero-order valence-electron chi connectivity index (χ0n) is 8.27. The normalized spacial score (nSPS) is 28.0. The number of nitrogens with zero attached hydrogens (tertiary/aromatic N) is 2. The summed E-state index contributed by atoms with van der Waals surface area (Å²) in [6.45, 7) is 5.75. The van der Waals surface area contributed by atoms with E-state index in [-0.39, 0.29) is 0 Å². The molecular weight excluding hydrogens is 160 g/mol. The van der Waals surface area contributed by atoms with Gasteiger partial charge in [-0.05, 0) is 31.4 Å². The fourth-order valence-electron chi connectivity index (χ4n) is 1.94. The molecule has 1 aromatic rings. The Labute approximate surface area is 79.6 Å². The van der Waals surface area contributed by atoms with Crippen LogP contribution in [-0.2, 0) is 0 Å². The van der Waals surface area contributed by atoms with Gasteiger partial charge >= 0.3 is 0 Å². The monoisotopic (exact) mass is 176 g/mol. The summed E-state index contributed by atoms with van der Waals surface area (Å²) in [4.78, 5) is 6.77. The molecule has 0 aliphatic carbocycles. The topological polar surface area (TPSA) is 16.1 Å². The van der Waals surface area contributed by atoms with Crippen LogP contribution in [0.4, 0.5) is 5.82 Å². The van der Waals surface area contributed by atoms with Crippen LogP contribution < -0.4 is 4.90 Å². The van der Waals surface area contributed by atoms with Crippen LogP contribution >= 0.6 is 0 Å². The van der Waals surface area contributed by atoms with Crippen molar-refractivity contribution in [1.29, 1.82) is 0 Å². The molecule has 0 saturated carbocycles. The van der Waals surface area contributed by atoms with Crippen molar-refractivity contribution in [2.45, 2.75) is 26.3 Å². The summed E-state index contributed by atoms with van der Waals surface area (Å²) < 4.78 is 0. The summed E-state index contributed by atoms with van der Waals surface area (Å²) in [6, 6.07) is 6.75. The van der Waals surface area contributed by atoms with Gasteiger partial charge in [-0.1, -0.05) is 13.0 Å². The molecule has 13 heavy (non-hydrogen) atoms. The van der Waals surface area contributed by atoms with Crippen molar-refractivity contribution in [2.75, 3.05) is 11.4 Å². The minimum absolute atomic E-state index is 0.634. The summed E-state index contributed by atoms with van der Waals surface area (Å²) in [5.41, 5.74) is 0. The molecule has 70 valence electrons. The highest BCUT2D eigenvalue weighted by Gasteiger charge is 2.27. The van der Waals surface area contributed by atoms with Crippen molar-refractivity contribution in [3.8, 4) is 0 Å². The van der Waals surface area contributed by atoms with E-state index in [4.69, 9.17) is 0 Å². The molecule has 2 heterocycles. The van der Waals surface area contributed by atoms with Gasteiger partial charge in [-0.2, -0.15) is 0 Å². The van der Waals surface area contributed by atoms with E-state index in [1.54, 1.807) is 0 Å².